The molecule has 0 aliphatic carbocycles. The van der Waals surface area contributed by atoms with Crippen LogP contribution in [0.5, 0.6) is 0 Å². The molecule has 0 aliphatic heterocycles. The summed E-state index contributed by atoms with van der Waals surface area (Å²) in [5.41, 5.74) is 2.61. The van der Waals surface area contributed by atoms with E-state index < -0.39 is 0 Å². The van der Waals surface area contributed by atoms with Crippen LogP contribution in [0, 0.1) is 18.3 Å². The summed E-state index contributed by atoms with van der Waals surface area (Å²) in [6, 6.07) is 18.5. The third-order valence-corrected chi connectivity index (χ3v) is 2.89. The molecule has 0 spiro atoms. The van der Waals surface area contributed by atoms with Gasteiger partial charge in [-0.25, -0.2) is 0 Å². The maximum absolute atomic E-state index is 12.2. The highest BCUT2D eigenvalue weighted by atomic mass is 16.1. The van der Waals surface area contributed by atoms with Gasteiger partial charge in [0.15, 0.2) is 0 Å². The number of Topliss-reactive ketones (excluding diaryl/α,β-unsaturated/α-hetero) is 1. The Labute approximate surface area is 112 Å². The fourth-order valence-corrected chi connectivity index (χ4v) is 1.80. The summed E-state index contributed by atoms with van der Waals surface area (Å²) in [6.07, 6.45) is 1.64. The van der Waals surface area contributed by atoms with Crippen LogP contribution in [0.4, 0.5) is 0 Å². The van der Waals surface area contributed by atoms with E-state index in [4.69, 9.17) is 0 Å². The second-order valence-electron chi connectivity index (χ2n) is 4.22. The van der Waals surface area contributed by atoms with Gasteiger partial charge < -0.3 is 0 Å². The van der Waals surface area contributed by atoms with Crippen LogP contribution in [0.25, 0.3) is 6.08 Å². The number of carbonyl (C=O) groups excluding carboxylic acids is 1. The first-order valence-corrected chi connectivity index (χ1v) is 5.99. The van der Waals surface area contributed by atoms with Gasteiger partial charge in [-0.2, -0.15) is 5.26 Å². The number of aryl methyl sites for hydroxylation is 1. The van der Waals surface area contributed by atoms with E-state index in [2.05, 4.69) is 0 Å². The van der Waals surface area contributed by atoms with Crippen LogP contribution in [0.3, 0.4) is 0 Å². The molecular weight excluding hydrogens is 234 g/mol. The van der Waals surface area contributed by atoms with Crippen LogP contribution in [-0.2, 0) is 0 Å². The van der Waals surface area contributed by atoms with Gasteiger partial charge in [0.05, 0.1) is 0 Å². The Bertz CT molecular complexity index is 663. The smallest absolute Gasteiger partial charge is 0.203 e. The molecule has 0 N–H and O–H groups in total. The van der Waals surface area contributed by atoms with E-state index in [0.29, 0.717) is 5.56 Å². The molecule has 0 amide bonds. The van der Waals surface area contributed by atoms with Crippen molar-refractivity contribution in [3.63, 3.8) is 0 Å². The molecule has 0 aromatic heterocycles. The van der Waals surface area contributed by atoms with E-state index in [1.807, 2.05) is 43.3 Å². The molecule has 2 aromatic carbocycles. The van der Waals surface area contributed by atoms with Crippen LogP contribution < -0.4 is 0 Å². The lowest BCUT2D eigenvalue weighted by molar-refractivity contribution is 0.104. The lowest BCUT2D eigenvalue weighted by atomic mass is 10.0. The van der Waals surface area contributed by atoms with Crippen molar-refractivity contribution < 1.29 is 4.79 Å². The van der Waals surface area contributed by atoms with Gasteiger partial charge in [-0.3, -0.25) is 4.79 Å². The summed E-state index contributed by atoms with van der Waals surface area (Å²) in [4.78, 5) is 12.2. The van der Waals surface area contributed by atoms with Crippen LogP contribution >= 0.6 is 0 Å². The Kier molecular flexibility index (Phi) is 3.90. The molecule has 0 saturated heterocycles. The molecule has 0 aliphatic rings. The van der Waals surface area contributed by atoms with Gasteiger partial charge in [-0.05, 0) is 24.1 Å². The summed E-state index contributed by atoms with van der Waals surface area (Å²) < 4.78 is 0. The van der Waals surface area contributed by atoms with Gasteiger partial charge in [0.1, 0.15) is 11.6 Å². The largest absolute Gasteiger partial charge is 0.288 e. The number of hydrogen-bond donors (Lipinski definition) is 0. The highest BCUT2D eigenvalue weighted by Crippen LogP contribution is 2.15. The number of benzene rings is 2. The quantitative estimate of drug-likeness (QED) is 0.470. The topological polar surface area (TPSA) is 40.9 Å². The average molecular weight is 247 g/mol. The van der Waals surface area contributed by atoms with Gasteiger partial charge >= 0.3 is 0 Å². The second kappa shape index (κ2) is 5.79. The number of allylic oxidation sites excluding steroid dienone is 1. The molecule has 2 heteroatoms. The standard InChI is InChI=1S/C17H13NO/c1-13-7-5-6-10-15(13)11-16(12-18)17(19)14-8-3-2-4-9-14/h2-11H,1H3/b16-11+. The number of ketones is 1. The van der Waals surface area contributed by atoms with Crippen LogP contribution in [0.1, 0.15) is 21.5 Å². The Morgan fingerprint density at radius 3 is 2.32 bits per heavy atom. The zero-order chi connectivity index (χ0) is 13.7. The molecule has 0 atom stereocenters. The van der Waals surface area contributed by atoms with Crippen LogP contribution in [-0.4, -0.2) is 5.78 Å². The van der Waals surface area contributed by atoms with Crippen molar-refractivity contribution in [2.24, 2.45) is 0 Å². The molecule has 0 unspecified atom stereocenters. The van der Waals surface area contributed by atoms with Crippen molar-refractivity contribution in [2.45, 2.75) is 6.92 Å². The number of hydrogen-bond acceptors (Lipinski definition) is 2. The molecule has 0 bridgehead atoms. The zero-order valence-corrected chi connectivity index (χ0v) is 10.6. The van der Waals surface area contributed by atoms with Crippen molar-refractivity contribution in [1.29, 1.82) is 5.26 Å². The van der Waals surface area contributed by atoms with E-state index in [9.17, 15) is 10.1 Å². The Morgan fingerprint density at radius 1 is 1.05 bits per heavy atom. The highest BCUT2D eigenvalue weighted by molar-refractivity contribution is 6.14. The molecule has 0 radical (unpaired) electrons. The zero-order valence-electron chi connectivity index (χ0n) is 10.6. The second-order valence-corrected chi connectivity index (χ2v) is 4.22. The van der Waals surface area contributed by atoms with E-state index in [1.165, 1.54) is 0 Å². The van der Waals surface area contributed by atoms with E-state index in [-0.39, 0.29) is 11.4 Å². The maximum atomic E-state index is 12.2. The maximum Gasteiger partial charge on any atom is 0.203 e. The van der Waals surface area contributed by atoms with Gasteiger partial charge in [0.2, 0.25) is 5.78 Å². The number of nitrogens with zero attached hydrogens (tertiary/aromatic N) is 1. The third-order valence-electron chi connectivity index (χ3n) is 2.89. The molecule has 0 fully saturated rings. The number of carbonyl (C=O) groups is 1. The highest BCUT2D eigenvalue weighted by Gasteiger charge is 2.11. The van der Waals surface area contributed by atoms with Crippen LogP contribution in [0.15, 0.2) is 60.2 Å². The lowest BCUT2D eigenvalue weighted by Crippen LogP contribution is -2.01. The minimum absolute atomic E-state index is 0.153. The number of nitriles is 1. The molecule has 19 heavy (non-hydrogen) atoms. The molecule has 2 rings (SSSR count). The summed E-state index contributed by atoms with van der Waals surface area (Å²) in [6.45, 7) is 1.95. The van der Waals surface area contributed by atoms with Crippen molar-refractivity contribution in [2.75, 3.05) is 0 Å². The fourth-order valence-electron chi connectivity index (χ4n) is 1.80. The van der Waals surface area contributed by atoms with Gasteiger partial charge in [0.25, 0.3) is 0 Å². The van der Waals surface area contributed by atoms with E-state index >= 15 is 0 Å². The van der Waals surface area contributed by atoms with Gasteiger partial charge in [-0.1, -0.05) is 54.6 Å². The Hall–Kier alpha value is -2.66. The average Bonchev–Trinajstić information content (AvgIpc) is 2.47. The predicted octanol–water partition coefficient (Wildman–Crippen LogP) is 3.78. The van der Waals surface area contributed by atoms with Crippen molar-refractivity contribution >= 4 is 11.9 Å². The summed E-state index contributed by atoms with van der Waals surface area (Å²) >= 11 is 0. The van der Waals surface area contributed by atoms with Gasteiger partial charge in [0, 0.05) is 5.56 Å². The molecule has 92 valence electrons. The summed E-state index contributed by atoms with van der Waals surface area (Å²) in [7, 11) is 0. The first-order valence-electron chi connectivity index (χ1n) is 5.99. The molecule has 2 nitrogen and oxygen atoms in total. The van der Waals surface area contributed by atoms with E-state index in [1.54, 1.807) is 30.3 Å². The monoisotopic (exact) mass is 247 g/mol. The Morgan fingerprint density at radius 2 is 1.68 bits per heavy atom. The molecule has 2 aromatic rings. The first kappa shape index (κ1) is 12.8. The van der Waals surface area contributed by atoms with Crippen molar-refractivity contribution in [3.8, 4) is 6.07 Å². The minimum Gasteiger partial charge on any atom is -0.288 e. The molecule has 0 heterocycles. The number of rotatable bonds is 3. The SMILES string of the molecule is Cc1ccccc1/C=C(\C#N)C(=O)c1ccccc1. The lowest BCUT2D eigenvalue weighted by Gasteiger charge is -2.02. The summed E-state index contributed by atoms with van der Waals surface area (Å²) in [5.74, 6) is -0.244. The molecule has 0 saturated carbocycles. The Balaban J connectivity index is 2.39. The normalized spacial score (nSPS) is 10.8. The predicted molar refractivity (Wildman–Crippen MR) is 75.5 cm³/mol. The third kappa shape index (κ3) is 2.97. The first-order chi connectivity index (χ1) is 9.22. The fraction of sp³-hybridized carbons (Fsp3) is 0.0588. The van der Waals surface area contributed by atoms with Gasteiger partial charge in [-0.15, -0.1) is 0 Å². The summed E-state index contributed by atoms with van der Waals surface area (Å²) in [5, 5.41) is 9.17. The van der Waals surface area contributed by atoms with Crippen molar-refractivity contribution in [3.05, 3.63) is 76.9 Å². The van der Waals surface area contributed by atoms with Crippen molar-refractivity contribution in [1.82, 2.24) is 0 Å². The minimum atomic E-state index is -0.244. The molecular formula is C17H13NO. The van der Waals surface area contributed by atoms with E-state index in [0.717, 1.165) is 11.1 Å². The van der Waals surface area contributed by atoms with Crippen LogP contribution in [0.2, 0.25) is 0 Å².